The average Bonchev–Trinajstić information content (AvgIpc) is 2.81. The zero-order chi connectivity index (χ0) is 11.4. The smallest absolute Gasteiger partial charge is 0.293 e. The van der Waals surface area contributed by atoms with E-state index in [9.17, 15) is 4.79 Å². The fourth-order valence-electron chi connectivity index (χ4n) is 1.13. The van der Waals surface area contributed by atoms with E-state index in [-0.39, 0.29) is 11.6 Å². The summed E-state index contributed by atoms with van der Waals surface area (Å²) in [7, 11) is 0. The summed E-state index contributed by atoms with van der Waals surface area (Å²) in [5, 5.41) is 24.2. The van der Waals surface area contributed by atoms with Crippen molar-refractivity contribution in [2.24, 2.45) is 0 Å². The number of phenols is 1. The summed E-state index contributed by atoms with van der Waals surface area (Å²) in [6, 6.07) is 6.53. The van der Waals surface area contributed by atoms with E-state index in [1.165, 1.54) is 0 Å². The molecule has 0 aliphatic carbocycles. The summed E-state index contributed by atoms with van der Waals surface area (Å²) in [5.41, 5.74) is 0.870. The van der Waals surface area contributed by atoms with Crippen molar-refractivity contribution in [3.63, 3.8) is 0 Å². The number of amides is 1. The second-order valence-electron chi connectivity index (χ2n) is 3.08. The van der Waals surface area contributed by atoms with Crippen molar-refractivity contribution in [1.29, 1.82) is 0 Å². The van der Waals surface area contributed by atoms with E-state index >= 15 is 0 Å². The maximum Gasteiger partial charge on any atom is 0.293 e. The Morgan fingerprint density at radius 3 is 2.75 bits per heavy atom. The van der Waals surface area contributed by atoms with Crippen molar-refractivity contribution in [3.8, 4) is 5.75 Å². The topological polar surface area (TPSA) is 104 Å². The number of nitrogens with zero attached hydrogens (tertiary/aromatic N) is 3. The summed E-state index contributed by atoms with van der Waals surface area (Å²) in [5.74, 6) is -0.214. The minimum atomic E-state index is -0.401. The summed E-state index contributed by atoms with van der Waals surface area (Å²) >= 11 is 0. The lowest BCUT2D eigenvalue weighted by Gasteiger charge is -2.02. The molecule has 16 heavy (non-hydrogen) atoms. The molecule has 0 atom stereocenters. The summed E-state index contributed by atoms with van der Waals surface area (Å²) in [4.78, 5) is 11.4. The van der Waals surface area contributed by atoms with Crippen LogP contribution in [0.1, 0.15) is 16.2 Å². The van der Waals surface area contributed by atoms with Gasteiger partial charge in [0.2, 0.25) is 0 Å². The molecule has 1 amide bonds. The molecule has 0 bridgehead atoms. The number of hydrogen-bond donors (Lipinski definition) is 3. The first-order valence-corrected chi connectivity index (χ1v) is 4.55. The molecule has 0 spiro atoms. The van der Waals surface area contributed by atoms with E-state index in [1.807, 2.05) is 0 Å². The molecule has 1 heterocycles. The minimum absolute atomic E-state index is 0.00113. The second-order valence-corrected chi connectivity index (χ2v) is 3.08. The van der Waals surface area contributed by atoms with Gasteiger partial charge in [-0.25, -0.2) is 0 Å². The largest absolute Gasteiger partial charge is 0.508 e. The van der Waals surface area contributed by atoms with Crippen LogP contribution in [-0.2, 0) is 6.54 Å². The molecule has 1 aromatic heterocycles. The molecule has 3 N–H and O–H groups in total. The van der Waals surface area contributed by atoms with Crippen molar-refractivity contribution >= 4 is 5.91 Å². The van der Waals surface area contributed by atoms with Gasteiger partial charge in [0.1, 0.15) is 5.75 Å². The Labute approximate surface area is 90.5 Å². The van der Waals surface area contributed by atoms with Crippen LogP contribution in [0.3, 0.4) is 0 Å². The quantitative estimate of drug-likeness (QED) is 0.665. The SMILES string of the molecule is O=C(NCc1ccc(O)cc1)c1nn[nH]n1. The molecule has 0 unspecified atom stereocenters. The van der Waals surface area contributed by atoms with E-state index in [1.54, 1.807) is 24.3 Å². The van der Waals surface area contributed by atoms with Crippen LogP contribution in [0.4, 0.5) is 0 Å². The number of carbonyl (C=O) groups is 1. The van der Waals surface area contributed by atoms with Crippen molar-refractivity contribution in [1.82, 2.24) is 25.9 Å². The zero-order valence-electron chi connectivity index (χ0n) is 8.21. The average molecular weight is 219 g/mol. The van der Waals surface area contributed by atoms with Gasteiger partial charge in [0.25, 0.3) is 11.7 Å². The van der Waals surface area contributed by atoms with Crippen molar-refractivity contribution in [2.75, 3.05) is 0 Å². The van der Waals surface area contributed by atoms with E-state index in [0.29, 0.717) is 6.54 Å². The standard InChI is InChI=1S/C9H9N5O2/c15-7-3-1-6(2-4-7)5-10-9(16)8-11-13-14-12-8/h1-4,15H,5H2,(H,10,16)(H,11,12,13,14). The van der Waals surface area contributed by atoms with Gasteiger partial charge in [-0.15, -0.1) is 10.2 Å². The predicted molar refractivity (Wildman–Crippen MR) is 53.5 cm³/mol. The second kappa shape index (κ2) is 4.39. The Balaban J connectivity index is 1.93. The van der Waals surface area contributed by atoms with Gasteiger partial charge in [-0.1, -0.05) is 12.1 Å². The molecular formula is C9H9N5O2. The number of carbonyl (C=O) groups excluding carboxylic acids is 1. The fourth-order valence-corrected chi connectivity index (χ4v) is 1.13. The highest BCUT2D eigenvalue weighted by Crippen LogP contribution is 2.09. The van der Waals surface area contributed by atoms with Crippen LogP contribution in [-0.4, -0.2) is 31.6 Å². The monoisotopic (exact) mass is 219 g/mol. The van der Waals surface area contributed by atoms with Gasteiger partial charge in [-0.2, -0.15) is 5.21 Å². The van der Waals surface area contributed by atoms with E-state index < -0.39 is 5.91 Å². The third-order valence-electron chi connectivity index (χ3n) is 1.94. The van der Waals surface area contributed by atoms with Crippen LogP contribution in [0.25, 0.3) is 0 Å². The number of aromatic amines is 1. The number of tetrazole rings is 1. The molecule has 2 aromatic rings. The number of aromatic hydroxyl groups is 1. The number of H-pyrrole nitrogens is 1. The molecular weight excluding hydrogens is 210 g/mol. The Morgan fingerprint density at radius 2 is 2.12 bits per heavy atom. The fraction of sp³-hybridized carbons (Fsp3) is 0.111. The molecule has 7 heteroatoms. The minimum Gasteiger partial charge on any atom is -0.508 e. The summed E-state index contributed by atoms with van der Waals surface area (Å²) in [6.45, 7) is 0.341. The molecule has 82 valence electrons. The van der Waals surface area contributed by atoms with E-state index in [4.69, 9.17) is 5.11 Å². The van der Waals surface area contributed by atoms with E-state index in [0.717, 1.165) is 5.56 Å². The Morgan fingerprint density at radius 1 is 1.38 bits per heavy atom. The van der Waals surface area contributed by atoms with Gasteiger partial charge in [0.15, 0.2) is 0 Å². The van der Waals surface area contributed by atoms with E-state index in [2.05, 4.69) is 25.9 Å². The lowest BCUT2D eigenvalue weighted by Crippen LogP contribution is -2.23. The Kier molecular flexibility index (Phi) is 2.77. The highest BCUT2D eigenvalue weighted by molar-refractivity contribution is 5.89. The zero-order valence-corrected chi connectivity index (χ0v) is 8.21. The molecule has 0 saturated carbocycles. The summed E-state index contributed by atoms with van der Waals surface area (Å²) in [6.07, 6.45) is 0. The van der Waals surface area contributed by atoms with Crippen LogP contribution in [0.5, 0.6) is 5.75 Å². The molecule has 0 aliphatic heterocycles. The van der Waals surface area contributed by atoms with Gasteiger partial charge in [-0.3, -0.25) is 4.79 Å². The van der Waals surface area contributed by atoms with Crippen molar-refractivity contribution in [3.05, 3.63) is 35.7 Å². The first kappa shape index (κ1) is 10.1. The third-order valence-corrected chi connectivity index (χ3v) is 1.94. The molecule has 0 fully saturated rings. The highest BCUT2D eigenvalue weighted by atomic mass is 16.3. The lowest BCUT2D eigenvalue weighted by molar-refractivity contribution is 0.0940. The van der Waals surface area contributed by atoms with Gasteiger partial charge >= 0.3 is 0 Å². The van der Waals surface area contributed by atoms with Gasteiger partial charge in [0, 0.05) is 6.54 Å². The number of benzene rings is 1. The number of phenolic OH excluding ortho intramolecular Hbond substituents is 1. The molecule has 0 saturated heterocycles. The lowest BCUT2D eigenvalue weighted by atomic mass is 10.2. The molecule has 1 aromatic carbocycles. The number of rotatable bonds is 3. The van der Waals surface area contributed by atoms with Crippen LogP contribution in [0.15, 0.2) is 24.3 Å². The Hall–Kier alpha value is -2.44. The first-order chi connectivity index (χ1) is 7.75. The number of aromatic nitrogens is 4. The van der Waals surface area contributed by atoms with Crippen LogP contribution in [0.2, 0.25) is 0 Å². The van der Waals surface area contributed by atoms with Crippen LogP contribution < -0.4 is 5.32 Å². The van der Waals surface area contributed by atoms with Crippen molar-refractivity contribution in [2.45, 2.75) is 6.54 Å². The molecule has 0 aliphatic rings. The van der Waals surface area contributed by atoms with Crippen LogP contribution >= 0.6 is 0 Å². The molecule has 0 radical (unpaired) electrons. The number of hydrogen-bond acceptors (Lipinski definition) is 5. The molecule has 2 rings (SSSR count). The maximum atomic E-state index is 11.4. The maximum absolute atomic E-state index is 11.4. The van der Waals surface area contributed by atoms with Gasteiger partial charge in [0.05, 0.1) is 0 Å². The number of nitrogens with one attached hydrogen (secondary N) is 2. The third kappa shape index (κ3) is 2.32. The molecule has 7 nitrogen and oxygen atoms in total. The first-order valence-electron chi connectivity index (χ1n) is 4.55. The van der Waals surface area contributed by atoms with Gasteiger partial charge < -0.3 is 10.4 Å². The Bertz CT molecular complexity index is 465. The predicted octanol–water partition coefficient (Wildman–Crippen LogP) is -0.165. The van der Waals surface area contributed by atoms with Crippen LogP contribution in [0, 0.1) is 0 Å². The van der Waals surface area contributed by atoms with Crippen molar-refractivity contribution < 1.29 is 9.90 Å². The normalized spacial score (nSPS) is 10.0. The highest BCUT2D eigenvalue weighted by Gasteiger charge is 2.09. The summed E-state index contributed by atoms with van der Waals surface area (Å²) < 4.78 is 0. The van der Waals surface area contributed by atoms with Gasteiger partial charge in [-0.05, 0) is 22.9 Å².